The molecule has 1 aliphatic carbocycles. The second-order valence-corrected chi connectivity index (χ2v) is 11.4. The van der Waals surface area contributed by atoms with Gasteiger partial charge in [0.05, 0.1) is 37.2 Å². The first-order valence-electron chi connectivity index (χ1n) is 15.0. The highest BCUT2D eigenvalue weighted by atomic mass is 35.5. The number of hydrogen-bond acceptors (Lipinski definition) is 8. The zero-order valence-corrected chi connectivity index (χ0v) is 27.3. The van der Waals surface area contributed by atoms with Crippen molar-refractivity contribution in [2.75, 3.05) is 21.3 Å². The summed E-state index contributed by atoms with van der Waals surface area (Å²) in [6.07, 6.45) is 5.16. The van der Waals surface area contributed by atoms with Gasteiger partial charge >= 0.3 is 23.6 Å². The van der Waals surface area contributed by atoms with E-state index in [0.29, 0.717) is 44.3 Å². The van der Waals surface area contributed by atoms with E-state index in [4.69, 9.17) is 25.8 Å². The average molecular weight is 676 g/mol. The number of methoxy groups -OCH3 is 3. The zero-order valence-electron chi connectivity index (χ0n) is 26.5. The van der Waals surface area contributed by atoms with Crippen LogP contribution in [-0.4, -0.2) is 44.2 Å². The second kappa shape index (κ2) is 13.5. The predicted molar refractivity (Wildman–Crippen MR) is 183 cm³/mol. The highest BCUT2D eigenvalue weighted by Crippen LogP contribution is 2.50. The number of para-hydroxylation sites is 1. The summed E-state index contributed by atoms with van der Waals surface area (Å²) in [6.45, 7) is 0. The number of nitrogens with zero attached hydrogens (tertiary/aromatic N) is 2. The van der Waals surface area contributed by atoms with Crippen LogP contribution in [0.3, 0.4) is 0 Å². The van der Waals surface area contributed by atoms with Crippen LogP contribution in [0.2, 0.25) is 5.02 Å². The number of aromatic nitrogens is 1. The van der Waals surface area contributed by atoms with E-state index in [0.717, 1.165) is 5.56 Å². The number of nitro benzene ring substituents is 1. The minimum Gasteiger partial charge on any atom is -0.465 e. The molecule has 0 saturated carbocycles. The van der Waals surface area contributed by atoms with Crippen LogP contribution in [0.15, 0.2) is 103 Å². The van der Waals surface area contributed by atoms with Gasteiger partial charge in [-0.05, 0) is 46.0 Å². The average Bonchev–Trinajstić information content (AvgIpc) is 3.46. The Kier molecular flexibility index (Phi) is 9.06. The monoisotopic (exact) mass is 675 g/mol. The summed E-state index contributed by atoms with van der Waals surface area (Å²) >= 11 is 6.00. The van der Waals surface area contributed by atoms with E-state index < -0.39 is 28.7 Å². The van der Waals surface area contributed by atoms with Crippen LogP contribution < -0.4 is 4.57 Å². The lowest BCUT2D eigenvalue weighted by atomic mass is 9.87. The molecule has 0 aliphatic heterocycles. The van der Waals surface area contributed by atoms with Crippen LogP contribution >= 0.6 is 11.6 Å². The largest absolute Gasteiger partial charge is 0.465 e. The van der Waals surface area contributed by atoms with Gasteiger partial charge in [-0.3, -0.25) is 10.1 Å². The molecule has 0 spiro atoms. The van der Waals surface area contributed by atoms with Crippen molar-refractivity contribution in [1.82, 2.24) is 0 Å². The van der Waals surface area contributed by atoms with Gasteiger partial charge in [-0.15, -0.1) is 0 Å². The van der Waals surface area contributed by atoms with Gasteiger partial charge in [-0.1, -0.05) is 78.4 Å². The number of hydrogen-bond donors (Lipinski definition) is 0. The van der Waals surface area contributed by atoms with Gasteiger partial charge in [-0.25, -0.2) is 14.4 Å². The number of benzene rings is 4. The smallest absolute Gasteiger partial charge is 0.404 e. The molecule has 6 rings (SSSR count). The molecule has 11 heteroatoms. The fourth-order valence-corrected chi connectivity index (χ4v) is 6.48. The summed E-state index contributed by atoms with van der Waals surface area (Å²) < 4.78 is 17.3. The maximum atomic E-state index is 13.9. The molecule has 1 unspecified atom stereocenters. The molecule has 10 nitrogen and oxygen atoms in total. The third kappa shape index (κ3) is 5.83. The third-order valence-electron chi connectivity index (χ3n) is 8.42. The van der Waals surface area contributed by atoms with E-state index in [1.54, 1.807) is 59.3 Å². The van der Waals surface area contributed by atoms with Crippen LogP contribution in [0, 0.1) is 10.1 Å². The van der Waals surface area contributed by atoms with Crippen molar-refractivity contribution in [1.29, 1.82) is 0 Å². The number of carbonyl (C=O) groups is 3. The number of halogens is 1. The number of fused-ring (bicyclic) bond motifs is 4. The summed E-state index contributed by atoms with van der Waals surface area (Å²) in [6, 6.07) is 26.1. The number of pyridine rings is 1. The molecule has 1 aromatic heterocycles. The molecule has 5 aromatic rings. The normalized spacial score (nSPS) is 13.8. The Morgan fingerprint density at radius 2 is 1.53 bits per heavy atom. The molecule has 4 aromatic carbocycles. The molecule has 1 atom stereocenters. The van der Waals surface area contributed by atoms with E-state index in [1.807, 2.05) is 42.5 Å². The fourth-order valence-electron chi connectivity index (χ4n) is 6.29. The minimum atomic E-state index is -0.816. The van der Waals surface area contributed by atoms with Gasteiger partial charge in [0.25, 0.3) is 5.69 Å². The summed E-state index contributed by atoms with van der Waals surface area (Å²) in [7, 11) is 3.77. The van der Waals surface area contributed by atoms with E-state index in [-0.39, 0.29) is 22.0 Å². The van der Waals surface area contributed by atoms with E-state index in [1.165, 1.54) is 33.5 Å². The minimum absolute atomic E-state index is 0.00878. The van der Waals surface area contributed by atoms with E-state index in [2.05, 4.69) is 0 Å². The molecule has 0 N–H and O–H groups in total. The molecule has 0 radical (unpaired) electrons. The Morgan fingerprint density at radius 1 is 0.816 bits per heavy atom. The van der Waals surface area contributed by atoms with E-state index in [9.17, 15) is 24.5 Å². The lowest BCUT2D eigenvalue weighted by Crippen LogP contribution is -2.40. The first kappa shape index (κ1) is 32.8. The molecular formula is C38H28ClN2O8+. The Bertz CT molecular complexity index is 2260. The van der Waals surface area contributed by atoms with Crippen molar-refractivity contribution in [2.45, 2.75) is 5.92 Å². The number of ether oxygens (including phenoxy) is 3. The van der Waals surface area contributed by atoms with Gasteiger partial charge < -0.3 is 14.2 Å². The van der Waals surface area contributed by atoms with Crippen molar-refractivity contribution < 1.29 is 38.1 Å². The van der Waals surface area contributed by atoms with Crippen LogP contribution in [0.25, 0.3) is 39.9 Å². The van der Waals surface area contributed by atoms with Crippen molar-refractivity contribution in [3.05, 3.63) is 146 Å². The van der Waals surface area contributed by atoms with Crippen molar-refractivity contribution >= 4 is 63.9 Å². The number of rotatable bonds is 8. The summed E-state index contributed by atoms with van der Waals surface area (Å²) in [5.74, 6) is -2.91. The summed E-state index contributed by atoms with van der Waals surface area (Å²) in [4.78, 5) is 51.6. The molecule has 0 amide bonds. The van der Waals surface area contributed by atoms with Gasteiger partial charge in [0.15, 0.2) is 6.20 Å². The molecule has 0 fully saturated rings. The maximum absolute atomic E-state index is 13.9. The first-order valence-corrected chi connectivity index (χ1v) is 15.3. The molecule has 0 bridgehead atoms. The van der Waals surface area contributed by atoms with Crippen molar-refractivity contribution in [2.24, 2.45) is 0 Å². The van der Waals surface area contributed by atoms with Gasteiger partial charge in [-0.2, -0.15) is 4.57 Å². The summed E-state index contributed by atoms with van der Waals surface area (Å²) in [5, 5.41) is 12.2. The van der Waals surface area contributed by atoms with Crippen LogP contribution in [0.4, 0.5) is 5.69 Å². The summed E-state index contributed by atoms with van der Waals surface area (Å²) in [5.41, 5.74) is 4.51. The molecule has 1 heterocycles. The highest BCUT2D eigenvalue weighted by molar-refractivity contribution is 6.32. The highest BCUT2D eigenvalue weighted by Gasteiger charge is 2.44. The standard InChI is InChI=1S/C38H28ClN2O8/c1-47-36(42)28-13-8-12-27-32(28)25-10-4-5-11-26(25)33(27)34(37(43)48-2)35(38(44)49-3)40-20-19-23(24-9-6-7-14-30(24)40)17-15-22-16-18-29(39)31(21-22)41(45)46/h4-21,33H,1-3H3/q+1/b17-15+,35-34-. The van der Waals surface area contributed by atoms with Crippen LogP contribution in [0.5, 0.6) is 0 Å². The number of carbonyl (C=O) groups excluding carboxylic acids is 3. The molecule has 0 saturated heterocycles. The lowest BCUT2D eigenvalue weighted by molar-refractivity contribution is -0.550. The van der Waals surface area contributed by atoms with Crippen molar-refractivity contribution in [3.8, 4) is 11.1 Å². The Hall–Kier alpha value is -6.13. The quantitative estimate of drug-likeness (QED) is 0.0429. The maximum Gasteiger partial charge on any atom is 0.404 e. The predicted octanol–water partition coefficient (Wildman–Crippen LogP) is 7.02. The topological polar surface area (TPSA) is 126 Å². The molecule has 1 aliphatic rings. The van der Waals surface area contributed by atoms with Crippen LogP contribution in [-0.2, 0) is 23.8 Å². The van der Waals surface area contributed by atoms with Crippen molar-refractivity contribution in [3.63, 3.8) is 0 Å². The van der Waals surface area contributed by atoms with Crippen LogP contribution in [0.1, 0.15) is 38.5 Å². The molecule has 49 heavy (non-hydrogen) atoms. The first-order chi connectivity index (χ1) is 23.7. The number of esters is 3. The van der Waals surface area contributed by atoms with E-state index >= 15 is 0 Å². The SMILES string of the molecule is COC(=O)/C(=C(/C(=O)OC)[n+]1ccc(/C=C/c2ccc(Cl)c([N+](=O)[O-])c2)c2ccccc21)C1c2ccccc2-c2c(C(=O)OC)cccc21. The Morgan fingerprint density at radius 3 is 2.27 bits per heavy atom. The van der Waals surface area contributed by atoms with Gasteiger partial charge in [0.1, 0.15) is 10.6 Å². The Balaban J connectivity index is 1.61. The number of nitro groups is 1. The molecule has 244 valence electrons. The Labute approximate surface area is 285 Å². The molecular weight excluding hydrogens is 648 g/mol. The van der Waals surface area contributed by atoms with Gasteiger partial charge in [0, 0.05) is 29.7 Å². The van der Waals surface area contributed by atoms with Gasteiger partial charge in [0.2, 0.25) is 5.52 Å². The fraction of sp³-hybridized carbons (Fsp3) is 0.105. The lowest BCUT2D eigenvalue weighted by Gasteiger charge is -2.18. The third-order valence-corrected chi connectivity index (χ3v) is 8.74. The second-order valence-electron chi connectivity index (χ2n) is 11.0. The zero-order chi connectivity index (χ0) is 34.8.